The van der Waals surface area contributed by atoms with Crippen LogP contribution in [0.15, 0.2) is 30.5 Å². The number of aryl methyl sites for hydroxylation is 1. The number of aromatic nitrogens is 3. The van der Waals surface area contributed by atoms with E-state index in [2.05, 4.69) is 33.9 Å². The van der Waals surface area contributed by atoms with E-state index >= 15 is 0 Å². The van der Waals surface area contributed by atoms with Crippen LogP contribution in [0.4, 0.5) is 5.69 Å². The summed E-state index contributed by atoms with van der Waals surface area (Å²) in [6.07, 6.45) is 3.42. The average Bonchev–Trinajstić information content (AvgIpc) is 3.03. The van der Waals surface area contributed by atoms with Gasteiger partial charge in [0.05, 0.1) is 17.2 Å². The molecule has 6 heteroatoms. The van der Waals surface area contributed by atoms with Gasteiger partial charge in [0, 0.05) is 25.0 Å². The van der Waals surface area contributed by atoms with E-state index in [9.17, 15) is 4.79 Å². The molecular weight excluding hydrogens is 278 g/mol. The predicted octanol–water partition coefficient (Wildman–Crippen LogP) is 1.52. The summed E-state index contributed by atoms with van der Waals surface area (Å²) in [6.45, 7) is 2.12. The Hall–Kier alpha value is -2.21. The molecule has 6 nitrogen and oxygen atoms in total. The van der Waals surface area contributed by atoms with Gasteiger partial charge in [0.2, 0.25) is 5.91 Å². The zero-order valence-electron chi connectivity index (χ0n) is 12.7. The average molecular weight is 297 g/mol. The number of piperidine rings is 1. The number of amides is 1. The summed E-state index contributed by atoms with van der Waals surface area (Å²) in [7, 11) is 1.86. The lowest BCUT2D eigenvalue weighted by Gasteiger charge is -2.40. The monoisotopic (exact) mass is 297 g/mol. The fourth-order valence-electron chi connectivity index (χ4n) is 3.91. The summed E-state index contributed by atoms with van der Waals surface area (Å²) in [5, 5.41) is 14.8. The third kappa shape index (κ3) is 1.87. The third-order valence-electron chi connectivity index (χ3n) is 4.80. The molecule has 22 heavy (non-hydrogen) atoms. The highest BCUT2D eigenvalue weighted by molar-refractivity contribution is 6.06. The minimum Gasteiger partial charge on any atom is -0.325 e. The van der Waals surface area contributed by atoms with Gasteiger partial charge in [0.1, 0.15) is 0 Å². The zero-order valence-corrected chi connectivity index (χ0v) is 12.7. The van der Waals surface area contributed by atoms with Crippen molar-refractivity contribution in [2.24, 2.45) is 7.05 Å². The van der Waals surface area contributed by atoms with Crippen LogP contribution in [0.3, 0.4) is 0 Å². The van der Waals surface area contributed by atoms with E-state index in [1.807, 2.05) is 31.4 Å². The van der Waals surface area contributed by atoms with E-state index in [0.29, 0.717) is 6.42 Å². The summed E-state index contributed by atoms with van der Waals surface area (Å²) in [6, 6.07) is 8.28. The number of carbonyl (C=O) groups is 1. The Morgan fingerprint density at radius 3 is 2.91 bits per heavy atom. The summed E-state index contributed by atoms with van der Waals surface area (Å²) in [4.78, 5) is 12.8. The van der Waals surface area contributed by atoms with E-state index in [1.165, 1.54) is 0 Å². The van der Waals surface area contributed by atoms with Gasteiger partial charge >= 0.3 is 0 Å². The Bertz CT molecular complexity index is 740. The number of hydrogen-bond donors (Lipinski definition) is 2. The molecule has 2 aromatic rings. The van der Waals surface area contributed by atoms with Crippen LogP contribution in [0.2, 0.25) is 0 Å². The first kappa shape index (κ1) is 13.5. The number of nitrogens with one attached hydrogen (secondary N) is 2. The molecule has 4 rings (SSSR count). The van der Waals surface area contributed by atoms with Crippen LogP contribution >= 0.6 is 0 Å². The van der Waals surface area contributed by atoms with E-state index in [0.717, 1.165) is 23.4 Å². The van der Waals surface area contributed by atoms with Gasteiger partial charge in [0.25, 0.3) is 0 Å². The number of rotatable bonds is 1. The molecular formula is C16H19N5O. The maximum Gasteiger partial charge on any atom is 0.235 e. The molecule has 0 aliphatic carbocycles. The van der Waals surface area contributed by atoms with Gasteiger partial charge in [-0.2, -0.15) is 0 Å². The second-order valence-electron chi connectivity index (χ2n) is 6.43. The lowest BCUT2D eigenvalue weighted by Crippen LogP contribution is -2.50. The summed E-state index contributed by atoms with van der Waals surface area (Å²) < 4.78 is 1.70. The summed E-state index contributed by atoms with van der Waals surface area (Å²) in [5.41, 5.74) is 2.48. The summed E-state index contributed by atoms with van der Waals surface area (Å²) in [5.74, 6) is 0.107. The van der Waals surface area contributed by atoms with Gasteiger partial charge in [0.15, 0.2) is 0 Å². The molecule has 0 saturated carbocycles. The second kappa shape index (κ2) is 4.64. The van der Waals surface area contributed by atoms with Crippen LogP contribution in [0.5, 0.6) is 0 Å². The minimum atomic E-state index is -0.469. The van der Waals surface area contributed by atoms with Gasteiger partial charge < -0.3 is 10.6 Å². The van der Waals surface area contributed by atoms with E-state index in [1.54, 1.807) is 4.68 Å². The fraction of sp³-hybridized carbons (Fsp3) is 0.438. The van der Waals surface area contributed by atoms with Crippen molar-refractivity contribution in [2.75, 3.05) is 5.32 Å². The molecule has 1 saturated heterocycles. The van der Waals surface area contributed by atoms with Gasteiger partial charge in [-0.25, -0.2) is 0 Å². The number of para-hydroxylation sites is 1. The Morgan fingerprint density at radius 1 is 1.32 bits per heavy atom. The number of fused-ring (bicyclic) bond motifs is 2. The van der Waals surface area contributed by atoms with Crippen LogP contribution in [0.25, 0.3) is 0 Å². The maximum absolute atomic E-state index is 12.8. The van der Waals surface area contributed by atoms with Gasteiger partial charge in [-0.1, -0.05) is 23.4 Å². The Morgan fingerprint density at radius 2 is 2.14 bits per heavy atom. The normalized spacial score (nSPS) is 30.4. The first-order chi connectivity index (χ1) is 10.6. The van der Waals surface area contributed by atoms with Crippen molar-refractivity contribution in [1.29, 1.82) is 0 Å². The highest BCUT2D eigenvalue weighted by Crippen LogP contribution is 2.48. The number of nitrogens with zero attached hydrogens (tertiary/aromatic N) is 3. The molecule has 3 atom stereocenters. The van der Waals surface area contributed by atoms with Gasteiger partial charge in [-0.05, 0) is 31.4 Å². The van der Waals surface area contributed by atoms with Crippen LogP contribution in [0.1, 0.15) is 37.1 Å². The predicted molar refractivity (Wildman–Crippen MR) is 82.3 cm³/mol. The van der Waals surface area contributed by atoms with Gasteiger partial charge in [-0.3, -0.25) is 9.48 Å². The largest absolute Gasteiger partial charge is 0.325 e. The molecule has 0 radical (unpaired) electrons. The van der Waals surface area contributed by atoms with Crippen LogP contribution < -0.4 is 10.6 Å². The van der Waals surface area contributed by atoms with Crippen molar-refractivity contribution in [3.63, 3.8) is 0 Å². The molecule has 2 N–H and O–H groups in total. The van der Waals surface area contributed by atoms with E-state index in [-0.39, 0.29) is 18.0 Å². The van der Waals surface area contributed by atoms with Crippen molar-refractivity contribution >= 4 is 11.6 Å². The molecule has 1 fully saturated rings. The zero-order chi connectivity index (χ0) is 15.3. The maximum atomic E-state index is 12.8. The SMILES string of the molecule is CC1CC2(CC(c3cn(C)nn3)N1)C(=O)Nc1ccccc12. The number of anilines is 1. The second-order valence-corrected chi connectivity index (χ2v) is 6.43. The first-order valence-corrected chi connectivity index (χ1v) is 7.62. The Balaban J connectivity index is 1.77. The lowest BCUT2D eigenvalue weighted by atomic mass is 9.69. The molecule has 3 heterocycles. The van der Waals surface area contributed by atoms with Crippen molar-refractivity contribution < 1.29 is 4.79 Å². The fourth-order valence-corrected chi connectivity index (χ4v) is 3.91. The number of benzene rings is 1. The topological polar surface area (TPSA) is 71.8 Å². The lowest BCUT2D eigenvalue weighted by molar-refractivity contribution is -0.122. The third-order valence-corrected chi connectivity index (χ3v) is 4.80. The highest BCUT2D eigenvalue weighted by atomic mass is 16.2. The van der Waals surface area contributed by atoms with Crippen LogP contribution in [0, 0.1) is 0 Å². The molecule has 1 aromatic carbocycles. The van der Waals surface area contributed by atoms with Crippen molar-refractivity contribution in [2.45, 2.75) is 37.3 Å². The Kier molecular flexibility index (Phi) is 2.84. The first-order valence-electron chi connectivity index (χ1n) is 7.62. The van der Waals surface area contributed by atoms with Crippen LogP contribution in [-0.4, -0.2) is 26.9 Å². The molecule has 1 aromatic heterocycles. The molecule has 1 spiro atoms. The van der Waals surface area contributed by atoms with Crippen molar-refractivity contribution in [3.8, 4) is 0 Å². The van der Waals surface area contributed by atoms with Crippen molar-refractivity contribution in [1.82, 2.24) is 20.3 Å². The van der Waals surface area contributed by atoms with E-state index in [4.69, 9.17) is 0 Å². The molecule has 2 aliphatic rings. The van der Waals surface area contributed by atoms with Crippen LogP contribution in [-0.2, 0) is 17.3 Å². The summed E-state index contributed by atoms with van der Waals surface area (Å²) >= 11 is 0. The molecule has 0 bridgehead atoms. The molecule has 2 aliphatic heterocycles. The number of carbonyl (C=O) groups excluding carboxylic acids is 1. The minimum absolute atomic E-state index is 0.0364. The highest BCUT2D eigenvalue weighted by Gasteiger charge is 2.51. The molecule has 3 unspecified atom stereocenters. The Labute approximate surface area is 128 Å². The van der Waals surface area contributed by atoms with Crippen molar-refractivity contribution in [3.05, 3.63) is 41.7 Å². The van der Waals surface area contributed by atoms with E-state index < -0.39 is 5.41 Å². The molecule has 114 valence electrons. The smallest absolute Gasteiger partial charge is 0.235 e. The van der Waals surface area contributed by atoms with Gasteiger partial charge in [-0.15, -0.1) is 5.10 Å². The molecule has 1 amide bonds. The standard InChI is InChI=1S/C16H19N5O/c1-10-7-16(8-13(17-10)14-9-21(2)20-19-14)11-5-3-4-6-12(11)18-15(16)22/h3-6,9-10,13,17H,7-8H2,1-2H3,(H,18,22). The number of hydrogen-bond acceptors (Lipinski definition) is 4. The quantitative estimate of drug-likeness (QED) is 0.837.